The SMILES string of the molecule is COC(=O)CC#Cc1c[n+]([O-])ccc1[N+](=O)[O-]. The number of aromatic nitrogens is 1. The topological polar surface area (TPSA) is 96.4 Å². The molecule has 0 aromatic carbocycles. The Labute approximate surface area is 96.4 Å². The van der Waals surface area contributed by atoms with E-state index in [2.05, 4.69) is 16.6 Å². The van der Waals surface area contributed by atoms with Crippen molar-refractivity contribution < 1.29 is 19.2 Å². The van der Waals surface area contributed by atoms with Crippen LogP contribution in [-0.4, -0.2) is 18.0 Å². The zero-order valence-electron chi connectivity index (χ0n) is 8.87. The quantitative estimate of drug-likeness (QED) is 0.182. The minimum absolute atomic E-state index is 0.0450. The first kappa shape index (κ1) is 12.4. The fourth-order valence-corrected chi connectivity index (χ4v) is 1.01. The summed E-state index contributed by atoms with van der Waals surface area (Å²) in [6, 6.07) is 1.05. The largest absolute Gasteiger partial charge is 0.619 e. The van der Waals surface area contributed by atoms with Crippen molar-refractivity contribution in [2.45, 2.75) is 6.42 Å². The van der Waals surface area contributed by atoms with Crippen LogP contribution in [0.4, 0.5) is 5.69 Å². The smallest absolute Gasteiger partial charge is 0.317 e. The molecule has 0 atom stereocenters. The zero-order valence-corrected chi connectivity index (χ0v) is 8.87. The number of hydrogen-bond acceptors (Lipinski definition) is 5. The second kappa shape index (κ2) is 5.46. The van der Waals surface area contributed by atoms with E-state index >= 15 is 0 Å². The summed E-state index contributed by atoms with van der Waals surface area (Å²) in [5, 5.41) is 21.6. The third kappa shape index (κ3) is 3.46. The van der Waals surface area contributed by atoms with Gasteiger partial charge in [0.1, 0.15) is 6.42 Å². The van der Waals surface area contributed by atoms with Crippen LogP contribution >= 0.6 is 0 Å². The summed E-state index contributed by atoms with van der Waals surface area (Å²) >= 11 is 0. The highest BCUT2D eigenvalue weighted by atomic mass is 16.6. The first-order valence-corrected chi connectivity index (χ1v) is 4.47. The van der Waals surface area contributed by atoms with Crippen LogP contribution < -0.4 is 4.73 Å². The highest BCUT2D eigenvalue weighted by Gasteiger charge is 2.14. The van der Waals surface area contributed by atoms with Gasteiger partial charge in [-0.3, -0.25) is 14.9 Å². The summed E-state index contributed by atoms with van der Waals surface area (Å²) in [4.78, 5) is 20.7. The summed E-state index contributed by atoms with van der Waals surface area (Å²) in [5.74, 6) is 4.23. The van der Waals surface area contributed by atoms with Gasteiger partial charge in [0, 0.05) is 0 Å². The molecule has 1 heterocycles. The maximum absolute atomic E-state index is 11.0. The Morgan fingerprint density at radius 3 is 2.94 bits per heavy atom. The van der Waals surface area contributed by atoms with Crippen LogP contribution in [0.2, 0.25) is 0 Å². The molecule has 7 nitrogen and oxygen atoms in total. The first-order valence-electron chi connectivity index (χ1n) is 4.47. The van der Waals surface area contributed by atoms with Gasteiger partial charge in [-0.15, -0.1) is 0 Å². The van der Waals surface area contributed by atoms with E-state index in [4.69, 9.17) is 0 Å². The van der Waals surface area contributed by atoms with E-state index in [1.807, 2.05) is 0 Å². The van der Waals surface area contributed by atoms with Crippen molar-refractivity contribution in [3.8, 4) is 11.8 Å². The second-order valence-electron chi connectivity index (χ2n) is 2.92. The van der Waals surface area contributed by atoms with E-state index in [0.29, 0.717) is 4.73 Å². The van der Waals surface area contributed by atoms with Gasteiger partial charge < -0.3 is 9.94 Å². The van der Waals surface area contributed by atoms with Crippen molar-refractivity contribution in [3.63, 3.8) is 0 Å². The van der Waals surface area contributed by atoms with Crippen molar-refractivity contribution >= 4 is 11.7 Å². The highest BCUT2D eigenvalue weighted by Crippen LogP contribution is 2.13. The number of ether oxygens (including phenoxy) is 1. The number of nitro groups is 1. The molecule has 0 aliphatic heterocycles. The maximum atomic E-state index is 11.0. The van der Waals surface area contributed by atoms with E-state index in [1.165, 1.54) is 7.11 Å². The van der Waals surface area contributed by atoms with Crippen molar-refractivity contribution in [1.82, 2.24) is 0 Å². The Bertz CT molecular complexity index is 515. The van der Waals surface area contributed by atoms with E-state index in [-0.39, 0.29) is 17.7 Å². The molecule has 1 aromatic heterocycles. The standard InChI is InChI=1S/C10H8N2O5/c1-17-10(13)4-2-3-8-7-11(14)6-5-9(8)12(15)16/h5-7H,4H2,1H3. The molecule has 7 heteroatoms. The third-order valence-corrected chi connectivity index (χ3v) is 1.79. The van der Waals surface area contributed by atoms with Gasteiger partial charge in [-0.1, -0.05) is 11.8 Å². The van der Waals surface area contributed by atoms with Crippen LogP contribution in [0.25, 0.3) is 0 Å². The van der Waals surface area contributed by atoms with Crippen LogP contribution in [0.15, 0.2) is 18.5 Å². The van der Waals surface area contributed by atoms with Crippen molar-refractivity contribution in [1.29, 1.82) is 0 Å². The number of carbonyl (C=O) groups is 1. The molecule has 0 aliphatic rings. The number of carbonyl (C=O) groups excluding carboxylic acids is 1. The molecule has 0 bridgehead atoms. The monoisotopic (exact) mass is 236 g/mol. The van der Waals surface area contributed by atoms with Crippen LogP contribution in [0, 0.1) is 27.2 Å². The Morgan fingerprint density at radius 2 is 2.35 bits per heavy atom. The van der Waals surface area contributed by atoms with E-state index < -0.39 is 10.9 Å². The average Bonchev–Trinajstić information content (AvgIpc) is 2.28. The molecule has 0 N–H and O–H groups in total. The molecular formula is C10H8N2O5. The van der Waals surface area contributed by atoms with Gasteiger partial charge in [-0.05, 0) is 0 Å². The molecule has 17 heavy (non-hydrogen) atoms. The fourth-order valence-electron chi connectivity index (χ4n) is 1.01. The van der Waals surface area contributed by atoms with Crippen LogP contribution in [0.5, 0.6) is 0 Å². The molecule has 0 fully saturated rings. The average molecular weight is 236 g/mol. The minimum Gasteiger partial charge on any atom is -0.619 e. The molecule has 0 aliphatic carbocycles. The Kier molecular flexibility index (Phi) is 4.00. The number of pyridine rings is 1. The van der Waals surface area contributed by atoms with Crippen LogP contribution in [-0.2, 0) is 9.53 Å². The fraction of sp³-hybridized carbons (Fsp3) is 0.200. The summed E-state index contributed by atoms with van der Waals surface area (Å²) in [6.45, 7) is 0. The second-order valence-corrected chi connectivity index (χ2v) is 2.92. The van der Waals surface area contributed by atoms with Gasteiger partial charge >= 0.3 is 5.97 Å². The van der Waals surface area contributed by atoms with Crippen molar-refractivity contribution in [2.24, 2.45) is 0 Å². The molecular weight excluding hydrogens is 228 g/mol. The lowest BCUT2D eigenvalue weighted by atomic mass is 10.2. The predicted molar refractivity (Wildman–Crippen MR) is 55.6 cm³/mol. The number of methoxy groups -OCH3 is 1. The number of rotatable bonds is 2. The summed E-state index contributed by atoms with van der Waals surface area (Å²) in [6.07, 6.45) is 1.79. The van der Waals surface area contributed by atoms with Crippen LogP contribution in [0.1, 0.15) is 12.0 Å². The van der Waals surface area contributed by atoms with Gasteiger partial charge in [0.2, 0.25) is 6.20 Å². The normalized spacial score (nSPS) is 9.00. The van der Waals surface area contributed by atoms with Crippen molar-refractivity contribution in [3.05, 3.63) is 39.3 Å². The van der Waals surface area contributed by atoms with E-state index in [9.17, 15) is 20.1 Å². The molecule has 0 amide bonds. The first-order chi connectivity index (χ1) is 8.04. The molecule has 0 unspecified atom stereocenters. The Hall–Kier alpha value is -2.62. The lowest BCUT2D eigenvalue weighted by Gasteiger charge is -1.96. The van der Waals surface area contributed by atoms with Crippen molar-refractivity contribution in [2.75, 3.05) is 7.11 Å². The van der Waals surface area contributed by atoms with Gasteiger partial charge in [0.15, 0.2) is 11.8 Å². The molecule has 0 spiro atoms. The third-order valence-electron chi connectivity index (χ3n) is 1.79. The summed E-state index contributed by atoms with van der Waals surface area (Å²) < 4.78 is 4.75. The maximum Gasteiger partial charge on any atom is 0.317 e. The zero-order chi connectivity index (χ0) is 12.8. The minimum atomic E-state index is -0.651. The summed E-state index contributed by atoms with van der Waals surface area (Å²) in [7, 11) is 1.21. The van der Waals surface area contributed by atoms with Gasteiger partial charge in [0.05, 0.1) is 18.1 Å². The Morgan fingerprint density at radius 1 is 1.65 bits per heavy atom. The summed E-state index contributed by atoms with van der Waals surface area (Å²) in [5.41, 5.74) is -0.328. The van der Waals surface area contributed by atoms with Gasteiger partial charge in [-0.2, -0.15) is 4.73 Å². The number of nitrogens with zero attached hydrogens (tertiary/aromatic N) is 2. The Balaban J connectivity index is 3.00. The number of hydrogen-bond donors (Lipinski definition) is 0. The highest BCUT2D eigenvalue weighted by molar-refractivity contribution is 5.72. The van der Waals surface area contributed by atoms with E-state index in [0.717, 1.165) is 18.5 Å². The lowest BCUT2D eigenvalue weighted by Crippen LogP contribution is -2.25. The predicted octanol–water partition coefficient (Wildman–Crippen LogP) is 0.143. The van der Waals surface area contributed by atoms with Gasteiger partial charge in [-0.25, -0.2) is 0 Å². The molecule has 1 aromatic rings. The molecule has 0 saturated heterocycles. The molecule has 0 saturated carbocycles. The van der Waals surface area contributed by atoms with Crippen LogP contribution in [0.3, 0.4) is 0 Å². The lowest BCUT2D eigenvalue weighted by molar-refractivity contribution is -0.606. The molecule has 0 radical (unpaired) electrons. The molecule has 1 rings (SSSR count). The van der Waals surface area contributed by atoms with Gasteiger partial charge in [0.25, 0.3) is 5.69 Å². The number of esters is 1. The molecule has 88 valence electrons. The van der Waals surface area contributed by atoms with E-state index in [1.54, 1.807) is 0 Å².